The molecule has 2 heterocycles. The van der Waals surface area contributed by atoms with Crippen LogP contribution in [0, 0.1) is 17.2 Å². The third-order valence-electron chi connectivity index (χ3n) is 5.48. The molecule has 9 nitrogen and oxygen atoms in total. The third-order valence-corrected chi connectivity index (χ3v) is 5.48. The summed E-state index contributed by atoms with van der Waals surface area (Å²) in [6.07, 6.45) is -6.35. The standard InChI is InChI=1S/C25H20F3N5O4/c1-13(2)17(12-29)30-23(35)20(34)15-8-10-16(11-9-15)22-31-24(37-33-22)21-18(25(26,27)28)19(32-36-21)14-6-4-3-5-7-14/h3-11,13,17,20,34H,1-2H3,(H,30,35)/t17-,20?/m0/s1. The monoisotopic (exact) mass is 511 g/mol. The predicted octanol–water partition coefficient (Wildman–Crippen LogP) is 4.78. The maximum Gasteiger partial charge on any atom is 0.422 e. The van der Waals surface area contributed by atoms with Gasteiger partial charge < -0.3 is 19.5 Å². The quantitative estimate of drug-likeness (QED) is 0.362. The predicted molar refractivity (Wildman–Crippen MR) is 123 cm³/mol. The number of amides is 1. The number of hydrogen-bond acceptors (Lipinski definition) is 8. The number of aliphatic hydroxyl groups excluding tert-OH is 1. The maximum absolute atomic E-state index is 13.9. The largest absolute Gasteiger partial charge is 0.422 e. The van der Waals surface area contributed by atoms with Gasteiger partial charge in [0.15, 0.2) is 6.10 Å². The fourth-order valence-corrected chi connectivity index (χ4v) is 3.47. The van der Waals surface area contributed by atoms with Gasteiger partial charge in [-0.3, -0.25) is 4.79 Å². The zero-order chi connectivity index (χ0) is 26.7. The summed E-state index contributed by atoms with van der Waals surface area (Å²) >= 11 is 0. The van der Waals surface area contributed by atoms with E-state index in [0.29, 0.717) is 5.56 Å². The van der Waals surface area contributed by atoms with Crippen LogP contribution in [0.2, 0.25) is 0 Å². The Morgan fingerprint density at radius 1 is 1.03 bits per heavy atom. The molecule has 2 aromatic heterocycles. The Morgan fingerprint density at radius 2 is 1.70 bits per heavy atom. The van der Waals surface area contributed by atoms with Crippen LogP contribution in [0.5, 0.6) is 0 Å². The van der Waals surface area contributed by atoms with E-state index in [1.807, 2.05) is 6.07 Å². The molecule has 1 unspecified atom stereocenters. The summed E-state index contributed by atoms with van der Waals surface area (Å²) in [7, 11) is 0. The Bertz CT molecular complexity index is 1420. The van der Waals surface area contributed by atoms with E-state index in [2.05, 4.69) is 20.6 Å². The van der Waals surface area contributed by atoms with Crippen LogP contribution in [-0.4, -0.2) is 32.4 Å². The summed E-state index contributed by atoms with van der Waals surface area (Å²) in [6, 6.07) is 14.7. The van der Waals surface area contributed by atoms with Crippen LogP contribution < -0.4 is 5.32 Å². The molecule has 190 valence electrons. The van der Waals surface area contributed by atoms with Crippen molar-refractivity contribution in [1.29, 1.82) is 5.26 Å². The number of rotatable bonds is 7. The van der Waals surface area contributed by atoms with Crippen LogP contribution in [0.3, 0.4) is 0 Å². The molecule has 0 fully saturated rings. The molecule has 0 spiro atoms. The molecular formula is C25H20F3N5O4. The first-order valence-corrected chi connectivity index (χ1v) is 11.0. The van der Waals surface area contributed by atoms with Crippen molar-refractivity contribution in [2.75, 3.05) is 0 Å². The zero-order valence-corrected chi connectivity index (χ0v) is 19.5. The highest BCUT2D eigenvalue weighted by Crippen LogP contribution is 2.43. The average molecular weight is 511 g/mol. The van der Waals surface area contributed by atoms with Gasteiger partial charge in [0, 0.05) is 11.1 Å². The fourth-order valence-electron chi connectivity index (χ4n) is 3.47. The summed E-state index contributed by atoms with van der Waals surface area (Å²) in [6.45, 7) is 3.51. The second kappa shape index (κ2) is 10.2. The molecule has 12 heteroatoms. The number of hydrogen-bond donors (Lipinski definition) is 2. The van der Waals surface area contributed by atoms with Crippen LogP contribution in [0.4, 0.5) is 13.2 Å². The molecule has 0 saturated carbocycles. The molecule has 2 atom stereocenters. The first-order chi connectivity index (χ1) is 17.6. The second-order valence-corrected chi connectivity index (χ2v) is 8.41. The van der Waals surface area contributed by atoms with Crippen LogP contribution in [0.25, 0.3) is 34.3 Å². The maximum atomic E-state index is 13.9. The minimum atomic E-state index is -4.81. The summed E-state index contributed by atoms with van der Waals surface area (Å²) in [5.41, 5.74) is -0.768. The molecule has 4 aromatic rings. The van der Waals surface area contributed by atoms with Crippen molar-refractivity contribution < 1.29 is 32.1 Å². The SMILES string of the molecule is CC(C)[C@H](C#N)NC(=O)C(O)c1ccc(-c2noc(-c3onc(-c4ccccc4)c3C(F)(F)F)n2)cc1. The highest BCUT2D eigenvalue weighted by molar-refractivity contribution is 5.82. The summed E-state index contributed by atoms with van der Waals surface area (Å²) in [5.74, 6) is -2.17. The van der Waals surface area contributed by atoms with E-state index in [1.165, 1.54) is 36.4 Å². The molecule has 0 aliphatic heterocycles. The number of nitrogens with one attached hydrogen (secondary N) is 1. The summed E-state index contributed by atoms with van der Waals surface area (Å²) < 4.78 is 51.8. The van der Waals surface area contributed by atoms with Crippen molar-refractivity contribution in [3.8, 4) is 40.4 Å². The lowest BCUT2D eigenvalue weighted by molar-refractivity contribution is -0.137. The van der Waals surface area contributed by atoms with Gasteiger partial charge in [-0.25, -0.2) is 0 Å². The van der Waals surface area contributed by atoms with Gasteiger partial charge in [0.25, 0.3) is 11.8 Å². The van der Waals surface area contributed by atoms with Crippen molar-refractivity contribution >= 4 is 5.91 Å². The first kappa shape index (κ1) is 25.6. The lowest BCUT2D eigenvalue weighted by Gasteiger charge is -2.18. The number of aromatic nitrogens is 3. The van der Waals surface area contributed by atoms with Gasteiger partial charge in [-0.2, -0.15) is 23.4 Å². The molecule has 2 aromatic carbocycles. The number of nitriles is 1. The molecule has 4 rings (SSSR count). The lowest BCUT2D eigenvalue weighted by atomic mass is 10.0. The molecule has 0 saturated heterocycles. The Kier molecular flexibility index (Phi) is 7.08. The molecule has 0 aliphatic rings. The number of aliphatic hydroxyl groups is 1. The number of carbonyl (C=O) groups is 1. The summed E-state index contributed by atoms with van der Waals surface area (Å²) in [5, 5.41) is 29.2. The molecule has 0 bridgehead atoms. The lowest BCUT2D eigenvalue weighted by Crippen LogP contribution is -2.40. The number of benzene rings is 2. The molecule has 0 radical (unpaired) electrons. The molecule has 2 N–H and O–H groups in total. The van der Waals surface area contributed by atoms with E-state index in [1.54, 1.807) is 32.0 Å². The van der Waals surface area contributed by atoms with Crippen molar-refractivity contribution in [1.82, 2.24) is 20.6 Å². The topological polar surface area (TPSA) is 138 Å². The minimum absolute atomic E-state index is 0.0457. The fraction of sp³-hybridized carbons (Fsp3) is 0.240. The van der Waals surface area contributed by atoms with Crippen molar-refractivity contribution in [2.45, 2.75) is 32.2 Å². The van der Waals surface area contributed by atoms with E-state index in [0.717, 1.165) is 0 Å². The number of carbonyl (C=O) groups excluding carboxylic acids is 1. The van der Waals surface area contributed by atoms with Gasteiger partial charge >= 0.3 is 6.18 Å². The van der Waals surface area contributed by atoms with Gasteiger partial charge in [0.2, 0.25) is 11.6 Å². The highest BCUT2D eigenvalue weighted by atomic mass is 19.4. The summed E-state index contributed by atoms with van der Waals surface area (Å²) in [4.78, 5) is 16.3. The van der Waals surface area contributed by atoms with Crippen LogP contribution >= 0.6 is 0 Å². The van der Waals surface area contributed by atoms with Gasteiger partial charge in [-0.1, -0.05) is 78.8 Å². The van der Waals surface area contributed by atoms with Gasteiger partial charge in [-0.05, 0) is 11.5 Å². The van der Waals surface area contributed by atoms with E-state index >= 15 is 0 Å². The molecule has 1 amide bonds. The van der Waals surface area contributed by atoms with Crippen LogP contribution in [-0.2, 0) is 11.0 Å². The Hall–Kier alpha value is -4.50. The number of alkyl halides is 3. The van der Waals surface area contributed by atoms with Crippen molar-refractivity contribution in [3.63, 3.8) is 0 Å². The van der Waals surface area contributed by atoms with E-state index < -0.39 is 47.1 Å². The van der Waals surface area contributed by atoms with Gasteiger partial charge in [-0.15, -0.1) is 0 Å². The van der Waals surface area contributed by atoms with E-state index in [-0.39, 0.29) is 22.9 Å². The molecular weight excluding hydrogens is 491 g/mol. The van der Waals surface area contributed by atoms with Crippen molar-refractivity contribution in [2.24, 2.45) is 5.92 Å². The Balaban J connectivity index is 1.58. The van der Waals surface area contributed by atoms with E-state index in [4.69, 9.17) is 14.3 Å². The molecule has 0 aliphatic carbocycles. The number of halogens is 3. The minimum Gasteiger partial charge on any atom is -0.378 e. The van der Waals surface area contributed by atoms with Gasteiger partial charge in [0.1, 0.15) is 17.3 Å². The average Bonchev–Trinajstić information content (AvgIpc) is 3.55. The number of nitrogens with zero attached hydrogens (tertiary/aromatic N) is 4. The van der Waals surface area contributed by atoms with Crippen molar-refractivity contribution in [3.05, 3.63) is 65.7 Å². The second-order valence-electron chi connectivity index (χ2n) is 8.41. The third kappa shape index (κ3) is 5.36. The Labute approximate surface area is 208 Å². The highest BCUT2D eigenvalue weighted by Gasteiger charge is 2.43. The Morgan fingerprint density at radius 3 is 2.30 bits per heavy atom. The van der Waals surface area contributed by atoms with E-state index in [9.17, 15) is 23.1 Å². The van der Waals surface area contributed by atoms with Gasteiger partial charge in [0.05, 0.1) is 6.07 Å². The normalized spacial score (nSPS) is 13.2. The van der Waals surface area contributed by atoms with Crippen LogP contribution in [0.15, 0.2) is 63.6 Å². The molecule has 37 heavy (non-hydrogen) atoms. The zero-order valence-electron chi connectivity index (χ0n) is 19.5. The smallest absolute Gasteiger partial charge is 0.378 e. The first-order valence-electron chi connectivity index (χ1n) is 11.0. The van der Waals surface area contributed by atoms with Crippen LogP contribution in [0.1, 0.15) is 31.1 Å².